The molecular formula is C17H19N3O5S2. The number of nitrogens with one attached hydrogen (secondary N) is 1. The van der Waals surface area contributed by atoms with E-state index in [4.69, 9.17) is 4.74 Å². The summed E-state index contributed by atoms with van der Waals surface area (Å²) < 4.78 is 60.7. The Bertz CT molecular complexity index is 1080. The molecule has 4 rings (SSSR count). The van der Waals surface area contributed by atoms with Crippen LogP contribution in [0.4, 0.5) is 5.69 Å². The topological polar surface area (TPSA) is 106 Å². The van der Waals surface area contributed by atoms with Gasteiger partial charge in [-0.15, -0.1) is 0 Å². The van der Waals surface area contributed by atoms with E-state index in [-0.39, 0.29) is 34.4 Å². The predicted molar refractivity (Wildman–Crippen MR) is 98.6 cm³/mol. The van der Waals surface area contributed by atoms with E-state index in [1.165, 1.54) is 34.8 Å². The highest BCUT2D eigenvalue weighted by atomic mass is 32.2. The lowest BCUT2D eigenvalue weighted by molar-refractivity contribution is 0.210. The Morgan fingerprint density at radius 1 is 1.11 bits per heavy atom. The molecule has 10 heteroatoms. The van der Waals surface area contributed by atoms with Crippen molar-refractivity contribution in [2.75, 3.05) is 10.8 Å². The second-order valence-corrected chi connectivity index (χ2v) is 10.2. The van der Waals surface area contributed by atoms with E-state index < -0.39 is 20.0 Å². The number of ether oxygens (including phenoxy) is 1. The van der Waals surface area contributed by atoms with Crippen LogP contribution in [0.15, 0.2) is 52.4 Å². The molecule has 1 fully saturated rings. The van der Waals surface area contributed by atoms with Gasteiger partial charge in [0.1, 0.15) is 11.8 Å². The average molecular weight is 409 g/mol. The quantitative estimate of drug-likeness (QED) is 0.802. The van der Waals surface area contributed by atoms with Gasteiger partial charge in [0.05, 0.1) is 16.3 Å². The minimum atomic E-state index is -3.98. The summed E-state index contributed by atoms with van der Waals surface area (Å²) in [4.78, 5) is 3.93. The van der Waals surface area contributed by atoms with Crippen LogP contribution in [0.5, 0.6) is 5.88 Å². The maximum atomic E-state index is 13.2. The van der Waals surface area contributed by atoms with Crippen LogP contribution in [0.2, 0.25) is 0 Å². The number of aromatic nitrogens is 1. The third kappa shape index (κ3) is 3.52. The Kier molecular flexibility index (Phi) is 4.36. The lowest BCUT2D eigenvalue weighted by atomic mass is 10.3. The van der Waals surface area contributed by atoms with Crippen molar-refractivity contribution in [3.63, 3.8) is 0 Å². The average Bonchev–Trinajstić information content (AvgIpc) is 3.44. The van der Waals surface area contributed by atoms with Crippen molar-refractivity contribution in [1.82, 2.24) is 9.71 Å². The molecule has 144 valence electrons. The predicted octanol–water partition coefficient (Wildman–Crippen LogP) is 1.50. The Morgan fingerprint density at radius 2 is 1.85 bits per heavy atom. The van der Waals surface area contributed by atoms with Gasteiger partial charge in [-0.3, -0.25) is 4.31 Å². The highest BCUT2D eigenvalue weighted by Crippen LogP contribution is 2.35. The van der Waals surface area contributed by atoms with Crippen molar-refractivity contribution >= 4 is 25.7 Å². The highest BCUT2D eigenvalue weighted by Gasteiger charge is 2.34. The zero-order valence-corrected chi connectivity index (χ0v) is 16.2. The number of rotatable bonds is 5. The van der Waals surface area contributed by atoms with Crippen molar-refractivity contribution in [3.8, 4) is 5.88 Å². The molecule has 2 heterocycles. The fraction of sp³-hybridized carbons (Fsp3) is 0.353. The number of fused-ring (bicyclic) bond motifs is 1. The van der Waals surface area contributed by atoms with E-state index in [9.17, 15) is 16.8 Å². The SMILES string of the molecule is CC1CN(S(=O)(=O)c2cccc(S(=O)(=O)NC3CC3)c2)c2cccnc2O1. The van der Waals surface area contributed by atoms with Crippen LogP contribution in [0.3, 0.4) is 0 Å². The van der Waals surface area contributed by atoms with Crippen LogP contribution in [-0.2, 0) is 20.0 Å². The van der Waals surface area contributed by atoms with E-state index in [1.807, 2.05) is 0 Å². The van der Waals surface area contributed by atoms with E-state index in [1.54, 1.807) is 19.1 Å². The normalized spacial score (nSPS) is 20.0. The number of pyridine rings is 1. The number of sulfonamides is 2. The lowest BCUT2D eigenvalue weighted by Gasteiger charge is -2.33. The van der Waals surface area contributed by atoms with Gasteiger partial charge < -0.3 is 4.74 Å². The molecule has 1 aromatic heterocycles. The Balaban J connectivity index is 1.74. The first-order valence-electron chi connectivity index (χ1n) is 8.54. The summed E-state index contributed by atoms with van der Waals surface area (Å²) in [7, 11) is -7.73. The molecule has 1 N–H and O–H groups in total. The number of hydrogen-bond donors (Lipinski definition) is 1. The van der Waals surface area contributed by atoms with Crippen LogP contribution >= 0.6 is 0 Å². The molecule has 1 saturated carbocycles. The second-order valence-electron chi connectivity index (χ2n) is 6.66. The molecule has 27 heavy (non-hydrogen) atoms. The van der Waals surface area contributed by atoms with Crippen LogP contribution in [0, 0.1) is 0 Å². The van der Waals surface area contributed by atoms with Gasteiger partial charge in [0, 0.05) is 12.2 Å². The van der Waals surface area contributed by atoms with E-state index >= 15 is 0 Å². The zero-order valence-electron chi connectivity index (χ0n) is 14.6. The minimum absolute atomic E-state index is 0.0618. The molecule has 1 atom stereocenters. The van der Waals surface area contributed by atoms with Crippen molar-refractivity contribution in [3.05, 3.63) is 42.6 Å². The smallest absolute Gasteiger partial charge is 0.264 e. The maximum absolute atomic E-state index is 13.2. The monoisotopic (exact) mass is 409 g/mol. The first kappa shape index (κ1) is 18.2. The van der Waals surface area contributed by atoms with Gasteiger partial charge in [-0.2, -0.15) is 0 Å². The third-order valence-electron chi connectivity index (χ3n) is 4.36. The van der Waals surface area contributed by atoms with E-state index in [2.05, 4.69) is 9.71 Å². The summed E-state index contributed by atoms with van der Waals surface area (Å²) in [6.45, 7) is 1.86. The van der Waals surface area contributed by atoms with Crippen LogP contribution in [0.1, 0.15) is 19.8 Å². The van der Waals surface area contributed by atoms with Gasteiger partial charge in [-0.25, -0.2) is 26.5 Å². The van der Waals surface area contributed by atoms with Gasteiger partial charge >= 0.3 is 0 Å². The number of benzene rings is 1. The van der Waals surface area contributed by atoms with Crippen LogP contribution in [0.25, 0.3) is 0 Å². The molecule has 8 nitrogen and oxygen atoms in total. The third-order valence-corrected chi connectivity index (χ3v) is 7.65. The molecule has 0 spiro atoms. The number of anilines is 1. The molecule has 0 radical (unpaired) electrons. The summed E-state index contributed by atoms with van der Waals surface area (Å²) in [6, 6.07) is 8.58. The molecule has 1 aliphatic heterocycles. The van der Waals surface area contributed by atoms with Gasteiger partial charge in [0.15, 0.2) is 0 Å². The van der Waals surface area contributed by atoms with Crippen molar-refractivity contribution < 1.29 is 21.6 Å². The maximum Gasteiger partial charge on any atom is 0.264 e. The van der Waals surface area contributed by atoms with Gasteiger partial charge in [0.25, 0.3) is 10.0 Å². The summed E-state index contributed by atoms with van der Waals surface area (Å²) in [5.41, 5.74) is 0.333. The Morgan fingerprint density at radius 3 is 2.59 bits per heavy atom. The summed E-state index contributed by atoms with van der Waals surface area (Å²) >= 11 is 0. The van der Waals surface area contributed by atoms with E-state index in [0.29, 0.717) is 5.69 Å². The molecule has 0 bridgehead atoms. The minimum Gasteiger partial charge on any atom is -0.471 e. The number of nitrogens with zero attached hydrogens (tertiary/aromatic N) is 2. The summed E-state index contributed by atoms with van der Waals surface area (Å²) in [5, 5.41) is 0. The molecule has 2 aromatic rings. The molecule has 0 amide bonds. The highest BCUT2D eigenvalue weighted by molar-refractivity contribution is 7.93. The van der Waals surface area contributed by atoms with Gasteiger partial charge in [0.2, 0.25) is 15.9 Å². The van der Waals surface area contributed by atoms with Gasteiger partial charge in [-0.1, -0.05) is 6.07 Å². The zero-order chi connectivity index (χ0) is 19.2. The fourth-order valence-corrected chi connectivity index (χ4v) is 5.88. The molecule has 2 aliphatic rings. The summed E-state index contributed by atoms with van der Waals surface area (Å²) in [6.07, 6.45) is 2.74. The second kappa shape index (κ2) is 6.47. The molecule has 1 aromatic carbocycles. The van der Waals surface area contributed by atoms with Crippen molar-refractivity contribution in [2.45, 2.75) is 41.7 Å². The van der Waals surface area contributed by atoms with Crippen molar-refractivity contribution in [1.29, 1.82) is 0 Å². The summed E-state index contributed by atoms with van der Waals surface area (Å²) in [5.74, 6) is 0.235. The lowest BCUT2D eigenvalue weighted by Crippen LogP contribution is -2.42. The molecule has 1 aliphatic carbocycles. The Hall–Kier alpha value is -2.17. The van der Waals surface area contributed by atoms with Crippen LogP contribution < -0.4 is 13.8 Å². The first-order valence-corrected chi connectivity index (χ1v) is 11.5. The number of hydrogen-bond acceptors (Lipinski definition) is 6. The standard InChI is InChI=1S/C17H19N3O5S2/c1-12-11-20(16-6-3-9-18-17(16)25-12)27(23,24)15-5-2-4-14(10-15)26(21,22)19-13-7-8-13/h2-6,9-10,12-13,19H,7-8,11H2,1H3. The first-order chi connectivity index (χ1) is 12.8. The molecule has 0 saturated heterocycles. The van der Waals surface area contributed by atoms with Gasteiger partial charge in [-0.05, 0) is 50.1 Å². The largest absolute Gasteiger partial charge is 0.471 e. The molecule has 1 unspecified atom stereocenters. The van der Waals surface area contributed by atoms with Crippen LogP contribution in [-0.4, -0.2) is 40.5 Å². The van der Waals surface area contributed by atoms with E-state index in [0.717, 1.165) is 12.8 Å². The molecular weight excluding hydrogens is 390 g/mol. The van der Waals surface area contributed by atoms with Crippen molar-refractivity contribution in [2.24, 2.45) is 0 Å². The Labute approximate surface area is 158 Å². The fourth-order valence-electron chi connectivity index (χ4n) is 2.87.